The van der Waals surface area contributed by atoms with Gasteiger partial charge < -0.3 is 15.5 Å². The summed E-state index contributed by atoms with van der Waals surface area (Å²) >= 11 is 0. The van der Waals surface area contributed by atoms with Gasteiger partial charge in [0.05, 0.1) is 11.7 Å². The van der Waals surface area contributed by atoms with Gasteiger partial charge in [-0.05, 0) is 49.3 Å². The quantitative estimate of drug-likeness (QED) is 0.625. The Morgan fingerprint density at radius 1 is 1.31 bits per heavy atom. The van der Waals surface area contributed by atoms with Crippen LogP contribution in [0.15, 0.2) is 18.2 Å². The van der Waals surface area contributed by atoms with Gasteiger partial charge in [0.25, 0.3) is 0 Å². The van der Waals surface area contributed by atoms with Gasteiger partial charge in [-0.2, -0.15) is 5.10 Å². The molecule has 1 fully saturated rings. The van der Waals surface area contributed by atoms with Crippen LogP contribution in [0, 0.1) is 5.92 Å². The summed E-state index contributed by atoms with van der Waals surface area (Å²) < 4.78 is 0. The number of aromatic hydroxyl groups is 1. The highest BCUT2D eigenvalue weighted by Gasteiger charge is 2.31. The minimum Gasteiger partial charge on any atom is -0.507 e. The maximum Gasteiger partial charge on any atom is 0.229 e. The summed E-state index contributed by atoms with van der Waals surface area (Å²) in [5.74, 6) is 0.231. The van der Waals surface area contributed by atoms with Crippen LogP contribution >= 0.6 is 0 Å². The van der Waals surface area contributed by atoms with E-state index in [0.717, 1.165) is 29.7 Å². The lowest BCUT2D eigenvalue weighted by Gasteiger charge is -2.08. The molecule has 7 heteroatoms. The van der Waals surface area contributed by atoms with Crippen LogP contribution in [0.5, 0.6) is 5.75 Å². The predicted octanol–water partition coefficient (Wildman–Crippen LogP) is 1.91. The average Bonchev–Trinajstić information content (AvgIpc) is 3.33. The van der Waals surface area contributed by atoms with Crippen LogP contribution in [0.1, 0.15) is 52.4 Å². The number of phenolic OH excluding ortho intramolecular Hbond substituents is 1. The third kappa shape index (κ3) is 2.99. The molecule has 0 aliphatic heterocycles. The first kappa shape index (κ1) is 16.8. The number of hydrogen-bond donors (Lipinski definition) is 4. The van der Waals surface area contributed by atoms with Gasteiger partial charge in [0.15, 0.2) is 12.1 Å². The molecule has 1 saturated carbocycles. The van der Waals surface area contributed by atoms with E-state index in [-0.39, 0.29) is 35.2 Å². The fraction of sp³-hybridized carbons (Fsp3) is 0.421. The maximum absolute atomic E-state index is 12.6. The fourth-order valence-electron chi connectivity index (χ4n) is 4.11. The molecule has 1 amide bonds. The van der Waals surface area contributed by atoms with Crippen molar-refractivity contribution in [1.82, 2.24) is 10.2 Å². The Hall–Kier alpha value is -2.67. The first-order chi connectivity index (χ1) is 12.5. The standard InChI is InChI=1S/C19H21N3O4/c23-9-15-14-7-12(5-10(14)2-4-17(15)25)19(26)20-18-8-16(21-22-18)11-1-3-13(24)6-11/h2,4,8-9,11-13,24-25H,1,3,5-7H2,(H2,20,21,22,26)/t11?,12?,13-/m1/s1. The van der Waals surface area contributed by atoms with Crippen molar-refractivity contribution in [3.63, 3.8) is 0 Å². The second-order valence-corrected chi connectivity index (χ2v) is 7.22. The lowest BCUT2D eigenvalue weighted by atomic mass is 10.0. The van der Waals surface area contributed by atoms with Gasteiger partial charge in [-0.3, -0.25) is 14.7 Å². The van der Waals surface area contributed by atoms with Gasteiger partial charge in [0.2, 0.25) is 5.91 Å². The van der Waals surface area contributed by atoms with Gasteiger partial charge in [0, 0.05) is 23.6 Å². The number of carbonyl (C=O) groups excluding carboxylic acids is 2. The largest absolute Gasteiger partial charge is 0.507 e. The minimum absolute atomic E-state index is 0.0458. The van der Waals surface area contributed by atoms with E-state index in [2.05, 4.69) is 15.5 Å². The van der Waals surface area contributed by atoms with Crippen molar-refractivity contribution in [2.45, 2.75) is 44.1 Å². The zero-order valence-electron chi connectivity index (χ0n) is 14.2. The molecule has 1 aromatic heterocycles. The predicted molar refractivity (Wildman–Crippen MR) is 94.2 cm³/mol. The number of aliphatic hydroxyl groups is 1. The van der Waals surface area contributed by atoms with Crippen LogP contribution in [0.25, 0.3) is 0 Å². The van der Waals surface area contributed by atoms with E-state index in [1.165, 1.54) is 6.07 Å². The average molecular weight is 355 g/mol. The number of aromatic nitrogens is 2. The number of aromatic amines is 1. The van der Waals surface area contributed by atoms with Crippen molar-refractivity contribution < 1.29 is 19.8 Å². The molecule has 7 nitrogen and oxygen atoms in total. The van der Waals surface area contributed by atoms with E-state index in [0.29, 0.717) is 31.4 Å². The fourth-order valence-corrected chi connectivity index (χ4v) is 4.11. The lowest BCUT2D eigenvalue weighted by molar-refractivity contribution is -0.119. The summed E-state index contributed by atoms with van der Waals surface area (Å²) in [4.78, 5) is 23.8. The van der Waals surface area contributed by atoms with Gasteiger partial charge in [0.1, 0.15) is 5.75 Å². The van der Waals surface area contributed by atoms with E-state index in [1.807, 2.05) is 6.07 Å². The highest BCUT2D eigenvalue weighted by atomic mass is 16.3. The van der Waals surface area contributed by atoms with Crippen LogP contribution in [-0.4, -0.2) is 38.7 Å². The summed E-state index contributed by atoms with van der Waals surface area (Å²) in [5, 5.41) is 29.4. The van der Waals surface area contributed by atoms with Crippen LogP contribution in [0.2, 0.25) is 0 Å². The molecule has 0 spiro atoms. The molecule has 2 unspecified atom stereocenters. The Morgan fingerprint density at radius 2 is 2.15 bits per heavy atom. The number of rotatable bonds is 4. The number of benzene rings is 1. The Labute approximate surface area is 150 Å². The number of aliphatic hydroxyl groups excluding tert-OH is 1. The molecule has 1 aromatic carbocycles. The van der Waals surface area contributed by atoms with E-state index >= 15 is 0 Å². The molecule has 0 bridgehead atoms. The number of hydrogen-bond acceptors (Lipinski definition) is 5. The second kappa shape index (κ2) is 6.57. The third-order valence-electron chi connectivity index (χ3n) is 5.53. The summed E-state index contributed by atoms with van der Waals surface area (Å²) in [7, 11) is 0. The molecule has 4 rings (SSSR count). The molecule has 1 heterocycles. The normalized spacial score (nSPS) is 24.4. The number of aldehydes is 1. The Kier molecular flexibility index (Phi) is 4.24. The van der Waals surface area contributed by atoms with E-state index in [1.54, 1.807) is 6.07 Å². The monoisotopic (exact) mass is 355 g/mol. The molecule has 0 radical (unpaired) electrons. The summed E-state index contributed by atoms with van der Waals surface area (Å²) in [6.45, 7) is 0. The number of anilines is 1. The second-order valence-electron chi connectivity index (χ2n) is 7.22. The van der Waals surface area contributed by atoms with Crippen LogP contribution in [0.3, 0.4) is 0 Å². The molecular weight excluding hydrogens is 334 g/mol. The van der Waals surface area contributed by atoms with Crippen LogP contribution in [-0.2, 0) is 17.6 Å². The zero-order valence-corrected chi connectivity index (χ0v) is 14.2. The molecular formula is C19H21N3O4. The number of nitrogens with zero attached hydrogens (tertiary/aromatic N) is 1. The summed E-state index contributed by atoms with van der Waals surface area (Å²) in [6, 6.07) is 5.09. The number of carbonyl (C=O) groups is 2. The SMILES string of the molecule is O=Cc1c(O)ccc2c1CC(C(=O)Nc1cc(C3CC[C@@H](O)C3)[nH]n1)C2. The van der Waals surface area contributed by atoms with Crippen molar-refractivity contribution in [2.75, 3.05) is 5.32 Å². The van der Waals surface area contributed by atoms with E-state index in [9.17, 15) is 19.8 Å². The first-order valence-corrected chi connectivity index (χ1v) is 8.88. The van der Waals surface area contributed by atoms with Crippen molar-refractivity contribution >= 4 is 18.0 Å². The highest BCUT2D eigenvalue weighted by Crippen LogP contribution is 2.35. The Morgan fingerprint density at radius 3 is 2.88 bits per heavy atom. The van der Waals surface area contributed by atoms with Crippen molar-refractivity contribution in [2.24, 2.45) is 5.92 Å². The molecule has 0 saturated heterocycles. The Balaban J connectivity index is 1.43. The van der Waals surface area contributed by atoms with Crippen molar-refractivity contribution in [3.8, 4) is 5.75 Å². The zero-order chi connectivity index (χ0) is 18.3. The van der Waals surface area contributed by atoms with Crippen LogP contribution in [0.4, 0.5) is 5.82 Å². The van der Waals surface area contributed by atoms with Gasteiger partial charge >= 0.3 is 0 Å². The van der Waals surface area contributed by atoms with Crippen molar-refractivity contribution in [1.29, 1.82) is 0 Å². The molecule has 2 aliphatic rings. The Bertz CT molecular complexity index is 860. The molecule has 3 atom stereocenters. The first-order valence-electron chi connectivity index (χ1n) is 8.88. The topological polar surface area (TPSA) is 115 Å². The molecule has 26 heavy (non-hydrogen) atoms. The smallest absolute Gasteiger partial charge is 0.229 e. The molecule has 4 N–H and O–H groups in total. The highest BCUT2D eigenvalue weighted by molar-refractivity contribution is 5.93. The maximum atomic E-state index is 12.6. The number of amides is 1. The van der Waals surface area contributed by atoms with Gasteiger partial charge in [-0.25, -0.2) is 0 Å². The van der Waals surface area contributed by atoms with E-state index < -0.39 is 0 Å². The third-order valence-corrected chi connectivity index (χ3v) is 5.53. The number of H-pyrrole nitrogens is 1. The molecule has 136 valence electrons. The number of phenols is 1. The summed E-state index contributed by atoms with van der Waals surface area (Å²) in [5.41, 5.74) is 2.88. The summed E-state index contributed by atoms with van der Waals surface area (Å²) in [6.07, 6.45) is 3.76. The number of fused-ring (bicyclic) bond motifs is 1. The van der Waals surface area contributed by atoms with Gasteiger partial charge in [-0.15, -0.1) is 0 Å². The van der Waals surface area contributed by atoms with Crippen molar-refractivity contribution in [3.05, 3.63) is 40.6 Å². The van der Waals surface area contributed by atoms with Gasteiger partial charge in [-0.1, -0.05) is 6.07 Å². The van der Waals surface area contributed by atoms with Crippen LogP contribution < -0.4 is 5.32 Å². The molecule has 2 aliphatic carbocycles. The van der Waals surface area contributed by atoms with E-state index in [4.69, 9.17) is 0 Å². The number of nitrogens with one attached hydrogen (secondary N) is 2. The lowest BCUT2D eigenvalue weighted by Crippen LogP contribution is -2.23. The molecule has 2 aromatic rings. The minimum atomic E-state index is -0.293.